The zero-order chi connectivity index (χ0) is 24.1. The number of nitrogens with one attached hydrogen (secondary N) is 2. The molecule has 10 heteroatoms. The van der Waals surface area contributed by atoms with E-state index in [0.29, 0.717) is 0 Å². The Balaban J connectivity index is 1.42. The third-order valence-electron chi connectivity index (χ3n) is 5.48. The van der Waals surface area contributed by atoms with Crippen molar-refractivity contribution in [2.45, 2.75) is 24.8 Å². The van der Waals surface area contributed by atoms with Crippen LogP contribution in [0.15, 0.2) is 60.7 Å². The standard InChI is InChI=1S/C24H21ClN4O5/c25-20-10-11-21(29-28-20)27-23(32)19(9-12-22(30)31)26-24(33)34-13-18-16-7-3-1-5-14(16)15-6-2-4-8-17(15)18/h1-8,10-11,18-19H,9,12-13H2,(H,26,33)(H,30,31)(H,27,29,32). The number of aliphatic carboxylic acids is 1. The minimum absolute atomic E-state index is 0.0653. The highest BCUT2D eigenvalue weighted by atomic mass is 35.5. The molecule has 0 saturated carbocycles. The second-order valence-electron chi connectivity index (χ2n) is 7.69. The van der Waals surface area contributed by atoms with Gasteiger partial charge in [-0.3, -0.25) is 9.59 Å². The molecule has 34 heavy (non-hydrogen) atoms. The van der Waals surface area contributed by atoms with Crippen molar-refractivity contribution in [1.82, 2.24) is 15.5 Å². The molecule has 3 aromatic rings. The van der Waals surface area contributed by atoms with Crippen molar-refractivity contribution in [3.05, 3.63) is 76.9 Å². The maximum absolute atomic E-state index is 12.7. The van der Waals surface area contributed by atoms with Gasteiger partial charge in [-0.2, -0.15) is 0 Å². The summed E-state index contributed by atoms with van der Waals surface area (Å²) in [4.78, 5) is 36.3. The molecule has 174 valence electrons. The third-order valence-corrected chi connectivity index (χ3v) is 5.68. The van der Waals surface area contributed by atoms with Gasteiger partial charge in [0, 0.05) is 12.3 Å². The third kappa shape index (κ3) is 5.32. The van der Waals surface area contributed by atoms with E-state index in [0.717, 1.165) is 22.3 Å². The maximum atomic E-state index is 12.7. The topological polar surface area (TPSA) is 131 Å². The number of halogens is 1. The number of carboxylic acid groups (broad SMARTS) is 1. The molecule has 1 aliphatic carbocycles. The van der Waals surface area contributed by atoms with E-state index in [1.165, 1.54) is 12.1 Å². The first-order chi connectivity index (χ1) is 16.4. The number of carbonyl (C=O) groups is 3. The predicted octanol–water partition coefficient (Wildman–Crippen LogP) is 3.84. The maximum Gasteiger partial charge on any atom is 0.407 e. The fourth-order valence-corrected chi connectivity index (χ4v) is 4.02. The van der Waals surface area contributed by atoms with Gasteiger partial charge in [0.2, 0.25) is 5.91 Å². The van der Waals surface area contributed by atoms with Gasteiger partial charge in [-0.25, -0.2) is 4.79 Å². The number of carbonyl (C=O) groups excluding carboxylic acids is 2. The van der Waals surface area contributed by atoms with Crippen LogP contribution in [-0.2, 0) is 14.3 Å². The molecule has 1 aliphatic rings. The Labute approximate surface area is 200 Å². The number of alkyl carbamates (subject to hydrolysis) is 1. The molecule has 1 unspecified atom stereocenters. The van der Waals surface area contributed by atoms with Crippen LogP contribution in [0.2, 0.25) is 5.15 Å². The van der Waals surface area contributed by atoms with E-state index >= 15 is 0 Å². The van der Waals surface area contributed by atoms with E-state index in [2.05, 4.69) is 20.8 Å². The van der Waals surface area contributed by atoms with Gasteiger partial charge in [-0.1, -0.05) is 60.1 Å². The number of fused-ring (bicyclic) bond motifs is 3. The second-order valence-corrected chi connectivity index (χ2v) is 8.07. The number of hydrogen-bond donors (Lipinski definition) is 3. The minimum Gasteiger partial charge on any atom is -0.481 e. The molecule has 0 fully saturated rings. The first kappa shape index (κ1) is 23.2. The lowest BCUT2D eigenvalue weighted by atomic mass is 9.98. The molecular weight excluding hydrogens is 460 g/mol. The molecule has 2 aromatic carbocycles. The van der Waals surface area contributed by atoms with Crippen molar-refractivity contribution < 1.29 is 24.2 Å². The number of aromatic nitrogens is 2. The summed E-state index contributed by atoms with van der Waals surface area (Å²) in [5, 5.41) is 21.5. The molecule has 9 nitrogen and oxygen atoms in total. The van der Waals surface area contributed by atoms with Crippen molar-refractivity contribution >= 4 is 35.4 Å². The summed E-state index contributed by atoms with van der Waals surface area (Å²) in [6.45, 7) is 0.0653. The molecule has 2 amide bonds. The van der Waals surface area contributed by atoms with Crippen LogP contribution in [0.3, 0.4) is 0 Å². The van der Waals surface area contributed by atoms with Crippen molar-refractivity contribution in [2.75, 3.05) is 11.9 Å². The summed E-state index contributed by atoms with van der Waals surface area (Å²) >= 11 is 5.69. The van der Waals surface area contributed by atoms with Gasteiger partial charge >= 0.3 is 12.1 Å². The highest BCUT2D eigenvalue weighted by Crippen LogP contribution is 2.44. The normalized spacial score (nSPS) is 12.9. The van der Waals surface area contributed by atoms with E-state index < -0.39 is 24.0 Å². The van der Waals surface area contributed by atoms with Crippen LogP contribution >= 0.6 is 11.6 Å². The largest absolute Gasteiger partial charge is 0.481 e. The van der Waals surface area contributed by atoms with Gasteiger partial charge in [-0.05, 0) is 40.8 Å². The van der Waals surface area contributed by atoms with Gasteiger partial charge in [-0.15, -0.1) is 10.2 Å². The molecule has 0 saturated heterocycles. The van der Waals surface area contributed by atoms with Crippen molar-refractivity contribution in [1.29, 1.82) is 0 Å². The molecule has 0 spiro atoms. The molecule has 1 atom stereocenters. The smallest absolute Gasteiger partial charge is 0.407 e. The van der Waals surface area contributed by atoms with Crippen LogP contribution in [0.5, 0.6) is 0 Å². The fourth-order valence-electron chi connectivity index (χ4n) is 3.91. The van der Waals surface area contributed by atoms with Gasteiger partial charge in [0.25, 0.3) is 0 Å². The molecule has 0 aliphatic heterocycles. The SMILES string of the molecule is O=C(O)CCC(NC(=O)OCC1c2ccccc2-c2ccccc21)C(=O)Nc1ccc(Cl)nn1. The average Bonchev–Trinajstić information content (AvgIpc) is 3.15. The van der Waals surface area contributed by atoms with Crippen molar-refractivity contribution in [2.24, 2.45) is 0 Å². The van der Waals surface area contributed by atoms with Crippen LogP contribution in [0, 0.1) is 0 Å². The summed E-state index contributed by atoms with van der Waals surface area (Å²) < 4.78 is 5.47. The zero-order valence-electron chi connectivity index (χ0n) is 17.9. The number of rotatable bonds is 8. The van der Waals surface area contributed by atoms with Crippen LogP contribution in [-0.4, -0.2) is 45.9 Å². The van der Waals surface area contributed by atoms with Crippen molar-refractivity contribution in [3.8, 4) is 11.1 Å². The number of anilines is 1. The predicted molar refractivity (Wildman–Crippen MR) is 125 cm³/mol. The highest BCUT2D eigenvalue weighted by Gasteiger charge is 2.30. The monoisotopic (exact) mass is 480 g/mol. The molecule has 1 heterocycles. The fraction of sp³-hybridized carbons (Fsp3) is 0.208. The summed E-state index contributed by atoms with van der Waals surface area (Å²) in [6.07, 6.45) is -1.28. The molecule has 0 radical (unpaired) electrons. The molecule has 4 rings (SSSR count). The summed E-state index contributed by atoms with van der Waals surface area (Å²) in [5.74, 6) is -1.78. The first-order valence-electron chi connectivity index (χ1n) is 10.6. The average molecular weight is 481 g/mol. The van der Waals surface area contributed by atoms with E-state index in [1.54, 1.807) is 0 Å². The number of benzene rings is 2. The minimum atomic E-state index is -1.15. The molecule has 3 N–H and O–H groups in total. The molecule has 1 aromatic heterocycles. The Morgan fingerprint density at radius 1 is 0.971 bits per heavy atom. The van der Waals surface area contributed by atoms with Crippen molar-refractivity contribution in [3.63, 3.8) is 0 Å². The number of carboxylic acids is 1. The second kappa shape index (κ2) is 10.3. The van der Waals surface area contributed by atoms with Gasteiger partial charge in [0.05, 0.1) is 0 Å². The summed E-state index contributed by atoms with van der Waals surface area (Å²) in [6, 6.07) is 17.6. The molecular formula is C24H21ClN4O5. The van der Waals surface area contributed by atoms with E-state index in [-0.39, 0.29) is 36.3 Å². The van der Waals surface area contributed by atoms with Crippen LogP contribution in [0.1, 0.15) is 29.9 Å². The summed E-state index contributed by atoms with van der Waals surface area (Å²) in [5.41, 5.74) is 4.29. The van der Waals surface area contributed by atoms with Crippen LogP contribution in [0.25, 0.3) is 11.1 Å². The quantitative estimate of drug-likeness (QED) is 0.446. The zero-order valence-corrected chi connectivity index (χ0v) is 18.7. The van der Waals surface area contributed by atoms with Crippen LogP contribution < -0.4 is 10.6 Å². The Kier molecular flexibility index (Phi) is 7.03. The van der Waals surface area contributed by atoms with Gasteiger partial charge < -0.3 is 20.5 Å². The Morgan fingerprint density at radius 3 is 2.21 bits per heavy atom. The number of ether oxygens (including phenoxy) is 1. The van der Waals surface area contributed by atoms with E-state index in [9.17, 15) is 14.4 Å². The van der Waals surface area contributed by atoms with E-state index in [1.807, 2.05) is 48.5 Å². The lowest BCUT2D eigenvalue weighted by Gasteiger charge is -2.19. The Hall–Kier alpha value is -3.98. The van der Waals surface area contributed by atoms with Crippen LogP contribution in [0.4, 0.5) is 10.6 Å². The molecule has 0 bridgehead atoms. The van der Waals surface area contributed by atoms with E-state index in [4.69, 9.17) is 21.4 Å². The number of nitrogens with zero attached hydrogens (tertiary/aromatic N) is 2. The highest BCUT2D eigenvalue weighted by molar-refractivity contribution is 6.29. The van der Waals surface area contributed by atoms with Gasteiger partial charge in [0.15, 0.2) is 11.0 Å². The van der Waals surface area contributed by atoms with Gasteiger partial charge in [0.1, 0.15) is 12.6 Å². The lowest BCUT2D eigenvalue weighted by molar-refractivity contribution is -0.137. The number of amides is 2. The first-order valence-corrected chi connectivity index (χ1v) is 10.9. The Bertz CT molecular complexity index is 1170. The Morgan fingerprint density at radius 2 is 1.62 bits per heavy atom. The summed E-state index contributed by atoms with van der Waals surface area (Å²) in [7, 11) is 0. The lowest BCUT2D eigenvalue weighted by Crippen LogP contribution is -2.44. The number of hydrogen-bond acceptors (Lipinski definition) is 6.